The molecule has 1 aromatic rings. The number of hydrogen-bond donors (Lipinski definition) is 2. The lowest BCUT2D eigenvalue weighted by atomic mass is 10.1. The summed E-state index contributed by atoms with van der Waals surface area (Å²) in [6.07, 6.45) is 0. The first-order valence-corrected chi connectivity index (χ1v) is 3.74. The molecule has 0 saturated heterocycles. The number of nitriles is 1. The third kappa shape index (κ3) is 1.55. The standard InChI is InChI=1S/C7H4N4O5/c8-2-3-5(10(13)14)1-4(9)7(12)6(3)11(15)16/h1,12H,9H2. The predicted octanol–water partition coefficient (Wildman–Crippen LogP) is 0.662. The average molecular weight is 224 g/mol. The average Bonchev–Trinajstić information content (AvgIpc) is 2.20. The number of benzene rings is 1. The molecule has 0 unspecified atom stereocenters. The molecule has 0 aliphatic rings. The molecule has 16 heavy (non-hydrogen) atoms. The van der Waals surface area contributed by atoms with Crippen LogP contribution >= 0.6 is 0 Å². The topological polar surface area (TPSA) is 156 Å². The van der Waals surface area contributed by atoms with Gasteiger partial charge < -0.3 is 10.8 Å². The molecule has 1 aromatic carbocycles. The van der Waals surface area contributed by atoms with Crippen molar-refractivity contribution >= 4 is 17.1 Å². The molecule has 0 radical (unpaired) electrons. The molecular weight excluding hydrogens is 220 g/mol. The Balaban J connectivity index is 3.77. The first-order valence-electron chi connectivity index (χ1n) is 3.74. The summed E-state index contributed by atoms with van der Waals surface area (Å²) in [5, 5.41) is 38.9. The zero-order valence-corrected chi connectivity index (χ0v) is 7.58. The van der Waals surface area contributed by atoms with Crippen LogP contribution in [0, 0.1) is 31.6 Å². The van der Waals surface area contributed by atoms with E-state index in [1.165, 1.54) is 6.07 Å². The summed E-state index contributed by atoms with van der Waals surface area (Å²) in [6, 6.07) is 1.99. The molecule has 0 fully saturated rings. The summed E-state index contributed by atoms with van der Waals surface area (Å²) in [7, 11) is 0. The molecule has 0 amide bonds. The Kier molecular flexibility index (Phi) is 2.58. The number of nitrogen functional groups attached to an aromatic ring is 1. The number of rotatable bonds is 2. The maximum absolute atomic E-state index is 10.5. The third-order valence-electron chi connectivity index (χ3n) is 1.77. The fraction of sp³-hybridized carbons (Fsp3) is 0. The van der Waals surface area contributed by atoms with E-state index in [1.54, 1.807) is 0 Å². The van der Waals surface area contributed by atoms with E-state index in [9.17, 15) is 25.3 Å². The van der Waals surface area contributed by atoms with E-state index in [0.717, 1.165) is 0 Å². The van der Waals surface area contributed by atoms with Gasteiger partial charge in [0.2, 0.25) is 11.3 Å². The van der Waals surface area contributed by atoms with Gasteiger partial charge in [-0.3, -0.25) is 20.2 Å². The second kappa shape index (κ2) is 3.70. The van der Waals surface area contributed by atoms with Gasteiger partial charge in [-0.05, 0) is 0 Å². The van der Waals surface area contributed by atoms with Crippen molar-refractivity contribution in [3.8, 4) is 11.8 Å². The monoisotopic (exact) mass is 224 g/mol. The number of nitro groups is 2. The third-order valence-corrected chi connectivity index (χ3v) is 1.77. The van der Waals surface area contributed by atoms with Crippen LogP contribution in [0.15, 0.2) is 6.07 Å². The van der Waals surface area contributed by atoms with Crippen LogP contribution in [-0.2, 0) is 0 Å². The Morgan fingerprint density at radius 1 is 1.38 bits per heavy atom. The van der Waals surface area contributed by atoms with E-state index in [0.29, 0.717) is 6.07 Å². The van der Waals surface area contributed by atoms with Gasteiger partial charge in [0, 0.05) is 6.07 Å². The number of nitrogens with two attached hydrogens (primary N) is 1. The number of phenols is 1. The van der Waals surface area contributed by atoms with Crippen LogP contribution in [0.2, 0.25) is 0 Å². The van der Waals surface area contributed by atoms with Gasteiger partial charge in [0.1, 0.15) is 6.07 Å². The maximum atomic E-state index is 10.5. The second-order valence-electron chi connectivity index (χ2n) is 2.68. The van der Waals surface area contributed by atoms with Crippen LogP contribution in [0.25, 0.3) is 0 Å². The minimum atomic E-state index is -1.10. The molecule has 0 saturated carbocycles. The molecule has 0 bridgehead atoms. The first-order chi connectivity index (χ1) is 7.40. The van der Waals surface area contributed by atoms with Gasteiger partial charge in [-0.15, -0.1) is 0 Å². The summed E-state index contributed by atoms with van der Waals surface area (Å²) in [5.74, 6) is -0.952. The van der Waals surface area contributed by atoms with E-state index in [1.807, 2.05) is 0 Å². The molecule has 0 heterocycles. The lowest BCUT2D eigenvalue weighted by Crippen LogP contribution is -2.01. The number of nitrogens with zero attached hydrogens (tertiary/aromatic N) is 3. The number of nitro benzene ring substituents is 2. The number of phenolic OH excluding ortho intramolecular Hbond substituents is 1. The van der Waals surface area contributed by atoms with Gasteiger partial charge in [-0.1, -0.05) is 0 Å². The number of aromatic hydroxyl groups is 1. The summed E-state index contributed by atoms with van der Waals surface area (Å²) < 4.78 is 0. The van der Waals surface area contributed by atoms with Crippen molar-refractivity contribution in [1.82, 2.24) is 0 Å². The van der Waals surface area contributed by atoms with Crippen LogP contribution in [0.3, 0.4) is 0 Å². The highest BCUT2D eigenvalue weighted by Crippen LogP contribution is 2.40. The Morgan fingerprint density at radius 2 is 1.94 bits per heavy atom. The van der Waals surface area contributed by atoms with Gasteiger partial charge >= 0.3 is 5.69 Å². The molecular formula is C7H4N4O5. The fourth-order valence-electron chi connectivity index (χ4n) is 1.10. The zero-order chi connectivity index (χ0) is 12.5. The number of hydrogen-bond acceptors (Lipinski definition) is 7. The lowest BCUT2D eigenvalue weighted by Gasteiger charge is -2.02. The molecule has 9 heteroatoms. The molecule has 0 aliphatic carbocycles. The molecule has 82 valence electrons. The highest BCUT2D eigenvalue weighted by molar-refractivity contribution is 5.76. The van der Waals surface area contributed by atoms with E-state index in [4.69, 9.17) is 11.0 Å². The van der Waals surface area contributed by atoms with Crippen LogP contribution in [-0.4, -0.2) is 15.0 Å². The first kappa shape index (κ1) is 11.2. The maximum Gasteiger partial charge on any atom is 0.337 e. The highest BCUT2D eigenvalue weighted by Gasteiger charge is 2.31. The van der Waals surface area contributed by atoms with Crippen LogP contribution in [0.1, 0.15) is 5.56 Å². The number of anilines is 1. The van der Waals surface area contributed by atoms with Crippen molar-refractivity contribution in [2.75, 3.05) is 5.73 Å². The summed E-state index contributed by atoms with van der Waals surface area (Å²) in [6.45, 7) is 0. The molecule has 0 spiro atoms. The smallest absolute Gasteiger partial charge is 0.337 e. The normalized spacial score (nSPS) is 9.44. The van der Waals surface area contributed by atoms with Crippen molar-refractivity contribution in [3.05, 3.63) is 31.9 Å². The van der Waals surface area contributed by atoms with E-state index >= 15 is 0 Å². The van der Waals surface area contributed by atoms with Crippen LogP contribution < -0.4 is 5.73 Å². The highest BCUT2D eigenvalue weighted by atomic mass is 16.6. The molecule has 9 nitrogen and oxygen atoms in total. The van der Waals surface area contributed by atoms with Crippen molar-refractivity contribution in [1.29, 1.82) is 5.26 Å². The van der Waals surface area contributed by atoms with Gasteiger partial charge in [0.05, 0.1) is 15.5 Å². The van der Waals surface area contributed by atoms with E-state index in [2.05, 4.69) is 0 Å². The quantitative estimate of drug-likeness (QED) is 0.323. The van der Waals surface area contributed by atoms with Gasteiger partial charge in [0.25, 0.3) is 5.69 Å². The van der Waals surface area contributed by atoms with Crippen LogP contribution in [0.5, 0.6) is 5.75 Å². The van der Waals surface area contributed by atoms with Gasteiger partial charge in [-0.25, -0.2) is 0 Å². The lowest BCUT2D eigenvalue weighted by molar-refractivity contribution is -0.395. The Morgan fingerprint density at radius 3 is 2.31 bits per heavy atom. The van der Waals surface area contributed by atoms with Crippen molar-refractivity contribution in [2.24, 2.45) is 0 Å². The Hall–Kier alpha value is -2.89. The summed E-state index contributed by atoms with van der Waals surface area (Å²) >= 11 is 0. The Labute approximate surface area is 87.6 Å². The largest absolute Gasteiger partial charge is 0.501 e. The SMILES string of the molecule is N#Cc1c([N+](=O)[O-])cc(N)c(O)c1[N+](=O)[O-]. The minimum Gasteiger partial charge on any atom is -0.501 e. The minimum absolute atomic E-state index is 0.530. The summed E-state index contributed by atoms with van der Waals surface area (Å²) in [4.78, 5) is 19.0. The van der Waals surface area contributed by atoms with E-state index < -0.39 is 38.2 Å². The zero-order valence-electron chi connectivity index (χ0n) is 7.58. The fourth-order valence-corrected chi connectivity index (χ4v) is 1.10. The molecule has 0 atom stereocenters. The van der Waals surface area contributed by atoms with Crippen molar-refractivity contribution in [3.63, 3.8) is 0 Å². The van der Waals surface area contributed by atoms with Crippen LogP contribution in [0.4, 0.5) is 17.1 Å². The predicted molar refractivity (Wildman–Crippen MR) is 50.5 cm³/mol. The van der Waals surface area contributed by atoms with Gasteiger partial charge in [0.15, 0.2) is 0 Å². The molecule has 0 aromatic heterocycles. The second-order valence-corrected chi connectivity index (χ2v) is 2.68. The molecule has 0 aliphatic heterocycles. The van der Waals surface area contributed by atoms with Crippen molar-refractivity contribution < 1.29 is 15.0 Å². The summed E-state index contributed by atoms with van der Waals surface area (Å²) in [5.41, 5.74) is 1.91. The molecule has 3 N–H and O–H groups in total. The Bertz CT molecular complexity index is 533. The van der Waals surface area contributed by atoms with E-state index in [-0.39, 0.29) is 0 Å². The van der Waals surface area contributed by atoms with Gasteiger partial charge in [-0.2, -0.15) is 5.26 Å². The molecule has 1 rings (SSSR count). The van der Waals surface area contributed by atoms with Crippen molar-refractivity contribution in [2.45, 2.75) is 0 Å².